The highest BCUT2D eigenvalue weighted by atomic mass is 32.2. The maximum Gasteiger partial charge on any atom is 0.233 e. The summed E-state index contributed by atoms with van der Waals surface area (Å²) in [7, 11) is 0. The van der Waals surface area contributed by atoms with E-state index in [1.165, 1.54) is 29.5 Å². The predicted molar refractivity (Wildman–Crippen MR) is 126 cm³/mol. The van der Waals surface area contributed by atoms with Crippen molar-refractivity contribution >= 4 is 23.3 Å². The second-order valence-electron chi connectivity index (χ2n) is 8.28. The summed E-state index contributed by atoms with van der Waals surface area (Å²) >= 11 is 1.34. The number of thioether (sulfide) groups is 1. The molecule has 0 bridgehead atoms. The minimum absolute atomic E-state index is 0.115. The second kappa shape index (κ2) is 9.70. The molecule has 0 spiro atoms. The molecule has 168 valence electrons. The van der Waals surface area contributed by atoms with Gasteiger partial charge in [0.15, 0.2) is 5.65 Å². The van der Waals surface area contributed by atoms with Crippen LogP contribution in [0.4, 0.5) is 4.39 Å². The molecule has 5 rings (SSSR count). The van der Waals surface area contributed by atoms with Crippen LogP contribution in [0.2, 0.25) is 0 Å². The molecule has 2 aromatic heterocycles. The molecule has 0 atom stereocenters. The van der Waals surface area contributed by atoms with Crippen LogP contribution in [0.25, 0.3) is 16.9 Å². The molecule has 6 nitrogen and oxygen atoms in total. The quantitative estimate of drug-likeness (QED) is 0.396. The number of hydrogen-bond acceptors (Lipinski definition) is 5. The summed E-state index contributed by atoms with van der Waals surface area (Å²) < 4.78 is 14.9. The minimum Gasteiger partial charge on any atom is -0.342 e. The van der Waals surface area contributed by atoms with Crippen LogP contribution in [0.3, 0.4) is 0 Å². The number of carbonyl (C=O) groups excluding carboxylic acids is 1. The Bertz CT molecular complexity index is 1240. The fraction of sp³-hybridized carbons (Fsp3) is 0.280. The Labute approximate surface area is 195 Å². The van der Waals surface area contributed by atoms with Crippen molar-refractivity contribution in [1.82, 2.24) is 24.7 Å². The Morgan fingerprint density at radius 2 is 1.73 bits per heavy atom. The van der Waals surface area contributed by atoms with Crippen molar-refractivity contribution in [2.45, 2.75) is 24.4 Å². The molecule has 8 heteroatoms. The molecular formula is C25H24FN5OS. The predicted octanol–water partition coefficient (Wildman–Crippen LogP) is 4.50. The zero-order chi connectivity index (χ0) is 22.6. The zero-order valence-electron chi connectivity index (χ0n) is 18.1. The third-order valence-electron chi connectivity index (χ3n) is 6.03. The van der Waals surface area contributed by atoms with Gasteiger partial charge in [-0.15, -0.1) is 10.2 Å². The molecular weight excluding hydrogens is 437 g/mol. The molecule has 0 aliphatic carbocycles. The maximum absolute atomic E-state index is 13.2. The summed E-state index contributed by atoms with van der Waals surface area (Å²) in [6.07, 6.45) is 3.13. The molecule has 2 aromatic carbocycles. The largest absolute Gasteiger partial charge is 0.342 e. The normalized spacial score (nSPS) is 14.6. The van der Waals surface area contributed by atoms with Crippen LogP contribution >= 0.6 is 11.8 Å². The number of fused-ring (bicyclic) bond motifs is 1. The van der Waals surface area contributed by atoms with E-state index in [0.717, 1.165) is 37.9 Å². The lowest BCUT2D eigenvalue weighted by Crippen LogP contribution is -2.39. The fourth-order valence-corrected chi connectivity index (χ4v) is 4.98. The van der Waals surface area contributed by atoms with Crippen LogP contribution < -0.4 is 0 Å². The van der Waals surface area contributed by atoms with Gasteiger partial charge in [0, 0.05) is 18.7 Å². The summed E-state index contributed by atoms with van der Waals surface area (Å²) in [6.45, 7) is 1.59. The Kier molecular flexibility index (Phi) is 6.35. The molecule has 1 fully saturated rings. The maximum atomic E-state index is 13.2. The van der Waals surface area contributed by atoms with Crippen LogP contribution in [-0.2, 0) is 11.2 Å². The molecule has 1 aliphatic heterocycles. The van der Waals surface area contributed by atoms with E-state index in [1.54, 1.807) is 16.6 Å². The number of hydrogen-bond donors (Lipinski definition) is 0. The third-order valence-corrected chi connectivity index (χ3v) is 6.94. The fourth-order valence-electron chi connectivity index (χ4n) is 4.19. The van der Waals surface area contributed by atoms with E-state index in [9.17, 15) is 9.18 Å². The van der Waals surface area contributed by atoms with Crippen molar-refractivity contribution < 1.29 is 9.18 Å². The summed E-state index contributed by atoms with van der Waals surface area (Å²) in [5.41, 5.74) is 3.47. The molecule has 33 heavy (non-hydrogen) atoms. The highest BCUT2D eigenvalue weighted by Crippen LogP contribution is 2.24. The number of halogens is 1. The number of nitrogens with zero attached hydrogens (tertiary/aromatic N) is 5. The molecule has 3 heterocycles. The van der Waals surface area contributed by atoms with E-state index in [1.807, 2.05) is 23.1 Å². The molecule has 0 N–H and O–H groups in total. The van der Waals surface area contributed by atoms with Crippen molar-refractivity contribution in [2.75, 3.05) is 18.8 Å². The van der Waals surface area contributed by atoms with E-state index in [0.29, 0.717) is 28.2 Å². The first-order chi connectivity index (χ1) is 16.2. The van der Waals surface area contributed by atoms with E-state index in [2.05, 4.69) is 39.6 Å². The van der Waals surface area contributed by atoms with Gasteiger partial charge in [-0.05, 0) is 67.1 Å². The van der Waals surface area contributed by atoms with Crippen molar-refractivity contribution in [1.29, 1.82) is 0 Å². The van der Waals surface area contributed by atoms with E-state index < -0.39 is 0 Å². The Morgan fingerprint density at radius 1 is 0.970 bits per heavy atom. The van der Waals surface area contributed by atoms with Crippen molar-refractivity contribution in [3.8, 4) is 11.3 Å². The standard InChI is InChI=1S/C25H24FN5OS/c26-21-8-6-20(7-9-21)22-10-11-23-27-28-25(31(23)29-22)33-17-24(32)30-14-12-19(13-15-30)16-18-4-2-1-3-5-18/h1-11,19H,12-17H2. The number of piperidine rings is 1. The summed E-state index contributed by atoms with van der Waals surface area (Å²) in [6, 6.07) is 20.4. The number of aromatic nitrogens is 4. The smallest absolute Gasteiger partial charge is 0.233 e. The molecule has 0 radical (unpaired) electrons. The number of amides is 1. The summed E-state index contributed by atoms with van der Waals surface area (Å²) in [5, 5.41) is 13.5. The van der Waals surface area contributed by atoms with Gasteiger partial charge in [0.2, 0.25) is 11.1 Å². The van der Waals surface area contributed by atoms with Gasteiger partial charge in [0.05, 0.1) is 11.4 Å². The summed E-state index contributed by atoms with van der Waals surface area (Å²) in [5.74, 6) is 0.748. The Hall–Kier alpha value is -3.26. The van der Waals surface area contributed by atoms with Crippen LogP contribution in [0, 0.1) is 11.7 Å². The van der Waals surface area contributed by atoms with E-state index in [4.69, 9.17) is 0 Å². The number of benzene rings is 2. The van der Waals surface area contributed by atoms with Gasteiger partial charge in [-0.2, -0.15) is 9.61 Å². The molecule has 0 saturated carbocycles. The van der Waals surface area contributed by atoms with Crippen LogP contribution in [-0.4, -0.2) is 49.5 Å². The van der Waals surface area contributed by atoms with Gasteiger partial charge in [0.1, 0.15) is 5.82 Å². The molecule has 1 amide bonds. The first-order valence-electron chi connectivity index (χ1n) is 11.1. The van der Waals surface area contributed by atoms with E-state index in [-0.39, 0.29) is 11.7 Å². The third kappa shape index (κ3) is 5.06. The van der Waals surface area contributed by atoms with Crippen LogP contribution in [0.5, 0.6) is 0 Å². The van der Waals surface area contributed by atoms with E-state index >= 15 is 0 Å². The van der Waals surface area contributed by atoms with Crippen LogP contribution in [0.1, 0.15) is 18.4 Å². The van der Waals surface area contributed by atoms with Crippen molar-refractivity contribution in [2.24, 2.45) is 5.92 Å². The van der Waals surface area contributed by atoms with Gasteiger partial charge in [-0.25, -0.2) is 4.39 Å². The van der Waals surface area contributed by atoms with Crippen molar-refractivity contribution in [3.63, 3.8) is 0 Å². The van der Waals surface area contributed by atoms with Gasteiger partial charge in [-0.1, -0.05) is 42.1 Å². The van der Waals surface area contributed by atoms with Crippen molar-refractivity contribution in [3.05, 3.63) is 78.1 Å². The number of likely N-dealkylation sites (tertiary alicyclic amines) is 1. The average molecular weight is 462 g/mol. The Balaban J connectivity index is 1.19. The van der Waals surface area contributed by atoms with Gasteiger partial charge in [0.25, 0.3) is 0 Å². The zero-order valence-corrected chi connectivity index (χ0v) is 18.9. The minimum atomic E-state index is -0.289. The van der Waals surface area contributed by atoms with Gasteiger partial charge in [-0.3, -0.25) is 4.79 Å². The van der Waals surface area contributed by atoms with Crippen LogP contribution in [0.15, 0.2) is 71.9 Å². The number of rotatable bonds is 6. The molecule has 4 aromatic rings. The lowest BCUT2D eigenvalue weighted by Gasteiger charge is -2.32. The van der Waals surface area contributed by atoms with Gasteiger partial charge < -0.3 is 4.90 Å². The summed E-state index contributed by atoms with van der Waals surface area (Å²) in [4.78, 5) is 14.8. The average Bonchev–Trinajstić information content (AvgIpc) is 3.26. The molecule has 1 saturated heterocycles. The highest BCUT2D eigenvalue weighted by molar-refractivity contribution is 7.99. The first kappa shape index (κ1) is 21.6. The Morgan fingerprint density at radius 3 is 2.48 bits per heavy atom. The SMILES string of the molecule is O=C(CSc1nnc2ccc(-c3ccc(F)cc3)nn12)N1CCC(Cc2ccccc2)CC1. The highest BCUT2D eigenvalue weighted by Gasteiger charge is 2.23. The number of carbonyl (C=O) groups is 1. The molecule has 1 aliphatic rings. The monoisotopic (exact) mass is 461 g/mol. The molecule has 0 unspecified atom stereocenters. The first-order valence-corrected chi connectivity index (χ1v) is 12.1. The second-order valence-corrected chi connectivity index (χ2v) is 9.22. The van der Waals surface area contributed by atoms with Gasteiger partial charge >= 0.3 is 0 Å². The topological polar surface area (TPSA) is 63.4 Å². The lowest BCUT2D eigenvalue weighted by atomic mass is 9.90. The lowest BCUT2D eigenvalue weighted by molar-refractivity contribution is -0.129.